The number of para-hydroxylation sites is 2. The molecule has 0 aliphatic rings. The molecule has 1 atom stereocenters. The van der Waals surface area contributed by atoms with Crippen LogP contribution in [0.1, 0.15) is 37.8 Å². The summed E-state index contributed by atoms with van der Waals surface area (Å²) >= 11 is 0. The molecule has 6 heteroatoms. The largest absolute Gasteiger partial charge is 1.00 e. The van der Waals surface area contributed by atoms with Crippen molar-refractivity contribution < 1.29 is 53.6 Å². The maximum Gasteiger partial charge on any atom is 1.00 e. The molecule has 0 spiro atoms. The fourth-order valence-electron chi connectivity index (χ4n) is 7.59. The van der Waals surface area contributed by atoms with Crippen molar-refractivity contribution in [2.24, 2.45) is 0 Å². The summed E-state index contributed by atoms with van der Waals surface area (Å²) in [6.45, 7) is 4.32. The SMILES string of the molecule is C/C=C\C(=C/C)[PH+](CCCC[PH+](c1ccccc1)c1ccccc1)c1ccccc1.[Au+].[Au+].[C-]#Cc1ccc2c(c1)oc1ccccc12.[C-]#Cc1ccc2c(c1)oc1ccccc12. The molecular weight excluding hydrogens is 1160 g/mol. The standard InChI is InChI=1S/C28H32P2.2C14H7O.2Au/c1-3-16-25(4-2)29(26-17-8-5-9-18-26)23-14-15-24-30(27-19-10-6-11-20-27)28-21-12-7-13-22-28;2*1-2-10-7-8-12-11-5-3-4-6-13(11)15-14(12)9-10;;/h3-13,16-22H,14-15,23-24H2,1-2H3;2*3-9H;;/q;2*-1;2*+1/p+2/b16-3-,25-4+;;;;. The summed E-state index contributed by atoms with van der Waals surface area (Å²) in [6.07, 6.45) is 26.2. The van der Waals surface area contributed by atoms with Crippen LogP contribution < -0.4 is 15.9 Å². The normalized spacial score (nSPS) is 11.5. The van der Waals surface area contributed by atoms with Crippen LogP contribution in [0.4, 0.5) is 0 Å². The molecule has 2 aromatic heterocycles. The molecule has 0 radical (unpaired) electrons. The zero-order valence-corrected chi connectivity index (χ0v) is 41.1. The van der Waals surface area contributed by atoms with E-state index >= 15 is 0 Å². The van der Waals surface area contributed by atoms with Gasteiger partial charge in [0.2, 0.25) is 0 Å². The van der Waals surface area contributed by atoms with Gasteiger partial charge in [-0.1, -0.05) is 121 Å². The molecule has 0 amide bonds. The van der Waals surface area contributed by atoms with Crippen molar-refractivity contribution in [3.05, 3.63) is 223 Å². The van der Waals surface area contributed by atoms with Gasteiger partial charge in [0, 0.05) is 21.5 Å². The van der Waals surface area contributed by atoms with Gasteiger partial charge in [0.25, 0.3) is 0 Å². The fourth-order valence-corrected chi connectivity index (χ4v) is 13.1. The Morgan fingerprint density at radius 2 is 0.887 bits per heavy atom. The quantitative estimate of drug-likeness (QED) is 0.0341. The third-order valence-electron chi connectivity index (χ3n) is 10.5. The van der Waals surface area contributed by atoms with E-state index < -0.39 is 15.8 Å². The molecule has 0 aliphatic heterocycles. The molecular formula is C56H48Au2O2P2+2. The second-order valence-electron chi connectivity index (χ2n) is 14.4. The third-order valence-corrected chi connectivity index (χ3v) is 16.5. The molecule has 314 valence electrons. The first-order chi connectivity index (χ1) is 29.6. The Balaban J connectivity index is 0.000000190. The van der Waals surface area contributed by atoms with Gasteiger partial charge in [-0.2, -0.15) is 0 Å². The molecule has 0 N–H and O–H groups in total. The van der Waals surface area contributed by atoms with Crippen LogP contribution in [0.15, 0.2) is 208 Å². The third kappa shape index (κ3) is 12.2. The summed E-state index contributed by atoms with van der Waals surface area (Å²) in [5, 5.41) is 10.5. The average Bonchev–Trinajstić information content (AvgIpc) is 3.88. The summed E-state index contributed by atoms with van der Waals surface area (Å²) in [4.78, 5) is 0. The zero-order chi connectivity index (χ0) is 41.5. The van der Waals surface area contributed by atoms with Crippen molar-refractivity contribution >= 4 is 75.6 Å². The van der Waals surface area contributed by atoms with Crippen LogP contribution in [0, 0.1) is 24.7 Å². The minimum atomic E-state index is -0.714. The zero-order valence-electron chi connectivity index (χ0n) is 34.7. The molecule has 0 fully saturated rings. The van der Waals surface area contributed by atoms with E-state index in [4.69, 9.17) is 21.7 Å². The molecule has 7 aromatic carbocycles. The van der Waals surface area contributed by atoms with Gasteiger partial charge in [0.15, 0.2) is 0 Å². The summed E-state index contributed by atoms with van der Waals surface area (Å²) in [5.41, 5.74) is 4.87. The summed E-state index contributed by atoms with van der Waals surface area (Å²) in [7, 11) is -1.43. The maximum atomic E-state index is 7.06. The van der Waals surface area contributed by atoms with Gasteiger partial charge in [0.05, 0.1) is 49.4 Å². The minimum absolute atomic E-state index is 0. The Bertz CT molecular complexity index is 2770. The number of hydrogen-bond donors (Lipinski definition) is 0. The molecule has 2 heterocycles. The van der Waals surface area contributed by atoms with Gasteiger partial charge in [-0.05, 0) is 87.4 Å². The first kappa shape index (κ1) is 48.1. The minimum Gasteiger partial charge on any atom is -0.458 e. The topological polar surface area (TPSA) is 26.3 Å². The van der Waals surface area contributed by atoms with Gasteiger partial charge in [-0.3, -0.25) is 11.8 Å². The first-order valence-electron chi connectivity index (χ1n) is 20.5. The number of unbranched alkanes of at least 4 members (excludes halogenated alkanes) is 1. The molecule has 0 bridgehead atoms. The first-order valence-corrected chi connectivity index (χ1v) is 23.9. The van der Waals surface area contributed by atoms with Gasteiger partial charge < -0.3 is 21.7 Å². The van der Waals surface area contributed by atoms with Gasteiger partial charge in [0.1, 0.15) is 22.3 Å². The Labute approximate surface area is 400 Å². The van der Waals surface area contributed by atoms with Crippen LogP contribution in [0.25, 0.3) is 43.9 Å². The fraction of sp³-hybridized carbons (Fsp3) is 0.107. The Hall–Kier alpha value is -4.92. The molecule has 62 heavy (non-hydrogen) atoms. The molecule has 0 saturated heterocycles. The molecule has 1 unspecified atom stereocenters. The maximum absolute atomic E-state index is 7.06. The van der Waals surface area contributed by atoms with E-state index in [-0.39, 0.29) is 44.8 Å². The van der Waals surface area contributed by atoms with Crippen molar-refractivity contribution in [3.8, 4) is 11.8 Å². The summed E-state index contributed by atoms with van der Waals surface area (Å²) in [6, 6.07) is 60.7. The molecule has 0 aliphatic carbocycles. The number of hydrogen-bond acceptors (Lipinski definition) is 2. The second kappa shape index (κ2) is 24.6. The Morgan fingerprint density at radius 1 is 0.484 bits per heavy atom. The monoisotopic (exact) mass is 1210 g/mol. The molecule has 2 nitrogen and oxygen atoms in total. The number of fused-ring (bicyclic) bond motifs is 6. The van der Waals surface area contributed by atoms with E-state index in [1.54, 1.807) is 0 Å². The number of furan rings is 2. The second-order valence-corrected chi connectivity index (χ2v) is 19.6. The van der Waals surface area contributed by atoms with E-state index in [0.717, 1.165) is 55.0 Å². The van der Waals surface area contributed by atoms with Crippen LogP contribution in [0.5, 0.6) is 0 Å². The van der Waals surface area contributed by atoms with Crippen molar-refractivity contribution in [1.82, 2.24) is 0 Å². The Kier molecular flexibility index (Phi) is 19.1. The summed E-state index contributed by atoms with van der Waals surface area (Å²) in [5.74, 6) is 4.71. The van der Waals surface area contributed by atoms with Crippen LogP contribution in [0.3, 0.4) is 0 Å². The van der Waals surface area contributed by atoms with Crippen molar-refractivity contribution in [3.63, 3.8) is 0 Å². The van der Waals surface area contributed by atoms with E-state index in [9.17, 15) is 0 Å². The van der Waals surface area contributed by atoms with Crippen LogP contribution in [0.2, 0.25) is 0 Å². The average molecular weight is 1210 g/mol. The predicted octanol–water partition coefficient (Wildman–Crippen LogP) is 13.7. The van der Waals surface area contributed by atoms with Crippen LogP contribution in [-0.4, -0.2) is 12.3 Å². The van der Waals surface area contributed by atoms with E-state index in [2.05, 4.69) is 135 Å². The Morgan fingerprint density at radius 3 is 1.32 bits per heavy atom. The number of rotatable bonds is 10. The van der Waals surface area contributed by atoms with Crippen LogP contribution in [-0.2, 0) is 44.8 Å². The van der Waals surface area contributed by atoms with E-state index in [1.807, 2.05) is 84.9 Å². The van der Waals surface area contributed by atoms with Crippen molar-refractivity contribution in [2.45, 2.75) is 26.7 Å². The predicted molar refractivity (Wildman–Crippen MR) is 262 cm³/mol. The molecule has 0 saturated carbocycles. The van der Waals surface area contributed by atoms with Gasteiger partial charge >= 0.3 is 44.8 Å². The molecule has 9 aromatic rings. The van der Waals surface area contributed by atoms with E-state index in [1.165, 1.54) is 46.4 Å². The van der Waals surface area contributed by atoms with Crippen molar-refractivity contribution in [1.29, 1.82) is 0 Å². The van der Waals surface area contributed by atoms with Crippen molar-refractivity contribution in [2.75, 3.05) is 12.3 Å². The molecule has 9 rings (SSSR count). The van der Waals surface area contributed by atoms with Gasteiger partial charge in [-0.25, -0.2) is 0 Å². The number of allylic oxidation sites excluding steroid dienone is 4. The number of benzene rings is 7. The smallest absolute Gasteiger partial charge is 0.458 e. The summed E-state index contributed by atoms with van der Waals surface area (Å²) < 4.78 is 11.3. The van der Waals surface area contributed by atoms with Gasteiger partial charge in [-0.15, -0.1) is 23.3 Å². The van der Waals surface area contributed by atoms with Crippen LogP contribution >= 0.6 is 15.8 Å². The van der Waals surface area contributed by atoms with E-state index in [0.29, 0.717) is 0 Å².